The van der Waals surface area contributed by atoms with E-state index in [0.29, 0.717) is 5.57 Å². The van der Waals surface area contributed by atoms with Gasteiger partial charge >= 0.3 is 0 Å². The smallest absolute Gasteiger partial charge is 0.216 e. The number of H-pyrrole nitrogens is 1. The normalized spacial score (nSPS) is 11.8. The van der Waals surface area contributed by atoms with Crippen LogP contribution in [-0.2, 0) is 5.41 Å². The van der Waals surface area contributed by atoms with E-state index in [1.165, 1.54) is 11.1 Å². The number of anilines is 1. The summed E-state index contributed by atoms with van der Waals surface area (Å²) in [7, 11) is 0. The van der Waals surface area contributed by atoms with Crippen LogP contribution in [0.3, 0.4) is 0 Å². The van der Waals surface area contributed by atoms with Crippen molar-refractivity contribution in [3.63, 3.8) is 0 Å². The molecule has 0 radical (unpaired) electrons. The molecule has 0 aliphatic rings. The Hall–Kier alpha value is -3.46. The van der Waals surface area contributed by atoms with Gasteiger partial charge < -0.3 is 5.32 Å². The second-order valence-electron chi connectivity index (χ2n) is 6.95. The van der Waals surface area contributed by atoms with Crippen molar-refractivity contribution in [3.8, 4) is 17.2 Å². The SMILES string of the molecule is CC(C)(C)c1ccc(-c2ccc(NC=C(C#N)c3nn[nH]n3)cc2)cc1. The van der Waals surface area contributed by atoms with Gasteiger partial charge in [0.2, 0.25) is 5.82 Å². The van der Waals surface area contributed by atoms with Gasteiger partial charge in [0.25, 0.3) is 0 Å². The van der Waals surface area contributed by atoms with Gasteiger partial charge in [-0.15, -0.1) is 10.2 Å². The largest absolute Gasteiger partial charge is 0.360 e. The lowest BCUT2D eigenvalue weighted by atomic mass is 9.86. The Kier molecular flexibility index (Phi) is 4.81. The molecule has 0 amide bonds. The van der Waals surface area contributed by atoms with E-state index < -0.39 is 0 Å². The van der Waals surface area contributed by atoms with Gasteiger partial charge in [-0.3, -0.25) is 0 Å². The monoisotopic (exact) mass is 344 g/mol. The van der Waals surface area contributed by atoms with Crippen molar-refractivity contribution >= 4 is 11.3 Å². The lowest BCUT2D eigenvalue weighted by Gasteiger charge is -2.19. The first kappa shape index (κ1) is 17.4. The second kappa shape index (κ2) is 7.19. The molecule has 0 aliphatic carbocycles. The van der Waals surface area contributed by atoms with E-state index in [1.807, 2.05) is 30.3 Å². The van der Waals surface area contributed by atoms with Crippen LogP contribution < -0.4 is 5.32 Å². The minimum atomic E-state index is 0.149. The Morgan fingerprint density at radius 1 is 1.04 bits per heavy atom. The summed E-state index contributed by atoms with van der Waals surface area (Å²) in [5.74, 6) is 0.260. The van der Waals surface area contributed by atoms with E-state index in [1.54, 1.807) is 6.20 Å². The van der Waals surface area contributed by atoms with Crippen molar-refractivity contribution in [2.45, 2.75) is 26.2 Å². The molecule has 1 heterocycles. The third kappa shape index (κ3) is 3.95. The summed E-state index contributed by atoms with van der Waals surface area (Å²) in [5, 5.41) is 25.6. The number of rotatable bonds is 4. The highest BCUT2D eigenvalue weighted by atomic mass is 15.5. The van der Waals surface area contributed by atoms with Crippen LogP contribution in [0.15, 0.2) is 54.7 Å². The summed E-state index contributed by atoms with van der Waals surface area (Å²) in [4.78, 5) is 0. The maximum atomic E-state index is 9.17. The van der Waals surface area contributed by atoms with Gasteiger partial charge in [0.15, 0.2) is 0 Å². The predicted octanol–water partition coefficient (Wildman–Crippen LogP) is 4.14. The highest BCUT2D eigenvalue weighted by Crippen LogP contribution is 2.27. The Labute approximate surface area is 152 Å². The zero-order valence-electron chi connectivity index (χ0n) is 15.0. The van der Waals surface area contributed by atoms with Gasteiger partial charge in [-0.1, -0.05) is 57.2 Å². The molecule has 0 saturated carbocycles. The van der Waals surface area contributed by atoms with Crippen LogP contribution in [0.1, 0.15) is 32.2 Å². The Morgan fingerprint density at radius 3 is 2.15 bits per heavy atom. The molecule has 3 aromatic rings. The number of aromatic nitrogens is 4. The van der Waals surface area contributed by atoms with Crippen LogP contribution in [0.25, 0.3) is 16.7 Å². The molecule has 0 spiro atoms. The van der Waals surface area contributed by atoms with Crippen molar-refractivity contribution < 1.29 is 0 Å². The van der Waals surface area contributed by atoms with Crippen LogP contribution in [-0.4, -0.2) is 20.6 Å². The Balaban J connectivity index is 1.74. The van der Waals surface area contributed by atoms with Crippen LogP contribution in [0.4, 0.5) is 5.69 Å². The third-order valence-electron chi connectivity index (χ3n) is 4.06. The first-order valence-corrected chi connectivity index (χ1v) is 8.29. The fraction of sp³-hybridized carbons (Fsp3) is 0.200. The van der Waals surface area contributed by atoms with E-state index in [-0.39, 0.29) is 11.2 Å². The van der Waals surface area contributed by atoms with Crippen molar-refractivity contribution in [3.05, 3.63) is 66.1 Å². The number of hydrogen-bond acceptors (Lipinski definition) is 5. The summed E-state index contributed by atoms with van der Waals surface area (Å²) in [6.07, 6.45) is 1.57. The molecule has 0 unspecified atom stereocenters. The summed E-state index contributed by atoms with van der Waals surface area (Å²) in [5.41, 5.74) is 4.95. The fourth-order valence-electron chi connectivity index (χ4n) is 2.50. The van der Waals surface area contributed by atoms with Crippen LogP contribution in [0, 0.1) is 11.3 Å². The molecule has 0 bridgehead atoms. The molecule has 2 N–H and O–H groups in total. The Bertz CT molecular complexity index is 924. The van der Waals surface area contributed by atoms with Crippen molar-refractivity contribution in [1.29, 1.82) is 5.26 Å². The van der Waals surface area contributed by atoms with Gasteiger partial charge in [0.1, 0.15) is 11.6 Å². The van der Waals surface area contributed by atoms with Crippen LogP contribution >= 0.6 is 0 Å². The second-order valence-corrected chi connectivity index (χ2v) is 6.95. The number of benzene rings is 2. The minimum absolute atomic E-state index is 0.149. The number of allylic oxidation sites excluding steroid dienone is 1. The lowest BCUT2D eigenvalue weighted by molar-refractivity contribution is 0.590. The van der Waals surface area contributed by atoms with E-state index in [0.717, 1.165) is 11.3 Å². The molecule has 0 saturated heterocycles. The molecular weight excluding hydrogens is 324 g/mol. The third-order valence-corrected chi connectivity index (χ3v) is 4.06. The maximum absolute atomic E-state index is 9.17. The number of tetrazole rings is 1. The zero-order chi connectivity index (χ0) is 18.6. The molecule has 0 aliphatic heterocycles. The highest BCUT2D eigenvalue weighted by molar-refractivity contribution is 5.74. The summed E-state index contributed by atoms with van der Waals surface area (Å²) in [6, 6.07) is 18.7. The standard InChI is InChI=1S/C20H20N6/c1-20(2,3)17-8-4-14(5-9-17)15-6-10-18(11-7-15)22-13-16(12-21)19-23-25-26-24-19/h4-11,13,22H,1-3H3,(H,23,24,25,26). The zero-order valence-corrected chi connectivity index (χ0v) is 15.0. The van der Waals surface area contributed by atoms with E-state index in [4.69, 9.17) is 5.26 Å². The number of nitrogens with one attached hydrogen (secondary N) is 2. The molecule has 0 atom stereocenters. The van der Waals surface area contributed by atoms with Gasteiger partial charge in [0, 0.05) is 11.9 Å². The highest BCUT2D eigenvalue weighted by Gasteiger charge is 2.13. The van der Waals surface area contributed by atoms with E-state index in [2.05, 4.69) is 71.0 Å². The molecule has 130 valence electrons. The molecule has 1 aromatic heterocycles. The average molecular weight is 344 g/mol. The van der Waals surface area contributed by atoms with Gasteiger partial charge in [-0.05, 0) is 39.5 Å². The molecule has 6 nitrogen and oxygen atoms in total. The summed E-state index contributed by atoms with van der Waals surface area (Å²) >= 11 is 0. The Morgan fingerprint density at radius 2 is 1.65 bits per heavy atom. The molecule has 26 heavy (non-hydrogen) atoms. The fourth-order valence-corrected chi connectivity index (χ4v) is 2.50. The molecule has 3 rings (SSSR count). The molecule has 0 fully saturated rings. The quantitative estimate of drug-likeness (QED) is 0.694. The lowest BCUT2D eigenvalue weighted by Crippen LogP contribution is -2.10. The number of aromatic amines is 1. The topological polar surface area (TPSA) is 90.3 Å². The van der Waals surface area contributed by atoms with Crippen molar-refractivity contribution in [2.24, 2.45) is 0 Å². The number of nitriles is 1. The minimum Gasteiger partial charge on any atom is -0.360 e. The van der Waals surface area contributed by atoms with Crippen LogP contribution in [0.2, 0.25) is 0 Å². The average Bonchev–Trinajstić information content (AvgIpc) is 3.17. The van der Waals surface area contributed by atoms with Crippen molar-refractivity contribution in [2.75, 3.05) is 5.32 Å². The number of nitrogens with zero attached hydrogens (tertiary/aromatic N) is 4. The van der Waals surface area contributed by atoms with Crippen LogP contribution in [0.5, 0.6) is 0 Å². The predicted molar refractivity (Wildman–Crippen MR) is 102 cm³/mol. The molecule has 6 heteroatoms. The molecular formula is C20H20N6. The van der Waals surface area contributed by atoms with E-state index >= 15 is 0 Å². The number of hydrogen-bond donors (Lipinski definition) is 2. The first-order valence-electron chi connectivity index (χ1n) is 8.29. The van der Waals surface area contributed by atoms with Gasteiger partial charge in [-0.25, -0.2) is 0 Å². The summed E-state index contributed by atoms with van der Waals surface area (Å²) in [6.45, 7) is 6.63. The first-order chi connectivity index (χ1) is 12.5. The van der Waals surface area contributed by atoms with Gasteiger partial charge in [-0.2, -0.15) is 10.5 Å². The summed E-state index contributed by atoms with van der Waals surface area (Å²) < 4.78 is 0. The maximum Gasteiger partial charge on any atom is 0.216 e. The van der Waals surface area contributed by atoms with Crippen molar-refractivity contribution in [1.82, 2.24) is 20.6 Å². The van der Waals surface area contributed by atoms with E-state index in [9.17, 15) is 0 Å². The molecule has 2 aromatic carbocycles. The van der Waals surface area contributed by atoms with Gasteiger partial charge in [0.05, 0.1) is 0 Å².